The molecular formula is C23H29N5O7S. The zero-order chi connectivity index (χ0) is 26.0. The molecule has 13 heteroatoms. The van der Waals surface area contributed by atoms with Gasteiger partial charge in [-0.05, 0) is 43.9 Å². The van der Waals surface area contributed by atoms with Gasteiger partial charge in [0, 0.05) is 37.1 Å². The van der Waals surface area contributed by atoms with Crippen molar-refractivity contribution in [2.75, 3.05) is 6.54 Å². The summed E-state index contributed by atoms with van der Waals surface area (Å²) in [6, 6.07) is 5.80. The number of benzene rings is 1. The van der Waals surface area contributed by atoms with Crippen LogP contribution in [0.15, 0.2) is 41.4 Å². The molecule has 0 saturated heterocycles. The number of aromatic nitrogens is 1. The Hall–Kier alpha value is -3.32. The molecule has 0 spiro atoms. The summed E-state index contributed by atoms with van der Waals surface area (Å²) in [4.78, 5) is 35.7. The van der Waals surface area contributed by atoms with Gasteiger partial charge in [-0.1, -0.05) is 19.3 Å². The summed E-state index contributed by atoms with van der Waals surface area (Å²) in [7, 11) is -2.63. The van der Waals surface area contributed by atoms with Crippen molar-refractivity contribution in [2.45, 2.75) is 68.5 Å². The van der Waals surface area contributed by atoms with Gasteiger partial charge in [-0.15, -0.1) is 0 Å². The quantitative estimate of drug-likeness (QED) is 0.345. The molecule has 2 saturated carbocycles. The van der Waals surface area contributed by atoms with Gasteiger partial charge in [-0.25, -0.2) is 8.42 Å². The molecule has 36 heavy (non-hydrogen) atoms. The molecular weight excluding hydrogens is 490 g/mol. The van der Waals surface area contributed by atoms with Crippen LogP contribution in [0, 0.1) is 20.2 Å². The molecule has 1 amide bonds. The highest BCUT2D eigenvalue weighted by Gasteiger charge is 2.41. The van der Waals surface area contributed by atoms with Crippen LogP contribution in [0.4, 0.5) is 11.4 Å². The highest BCUT2D eigenvalue weighted by atomic mass is 32.2. The average molecular weight is 520 g/mol. The van der Waals surface area contributed by atoms with Crippen molar-refractivity contribution in [1.29, 1.82) is 0 Å². The van der Waals surface area contributed by atoms with Crippen LogP contribution in [0.3, 0.4) is 0 Å². The third-order valence-corrected chi connectivity index (χ3v) is 8.85. The Balaban J connectivity index is 1.69. The summed E-state index contributed by atoms with van der Waals surface area (Å²) in [5.74, 6) is -0.364. The number of nitro groups is 2. The number of sulfonamides is 1. The third-order valence-electron chi connectivity index (χ3n) is 6.90. The number of hydrogen-bond acceptors (Lipinski definition) is 7. The molecule has 0 bridgehead atoms. The number of amides is 1. The Labute approximate surface area is 208 Å². The lowest BCUT2D eigenvalue weighted by Crippen LogP contribution is -2.48. The summed E-state index contributed by atoms with van der Waals surface area (Å²) in [6.45, 7) is -0.106. The second-order valence-corrected chi connectivity index (χ2v) is 11.2. The fraction of sp³-hybridized carbons (Fsp3) is 0.522. The molecule has 4 rings (SSSR count). The van der Waals surface area contributed by atoms with Gasteiger partial charge >= 0.3 is 0 Å². The first-order valence-electron chi connectivity index (χ1n) is 11.9. The maximum atomic E-state index is 13.8. The predicted octanol–water partition coefficient (Wildman–Crippen LogP) is 3.36. The summed E-state index contributed by atoms with van der Waals surface area (Å²) in [5, 5.41) is 22.8. The number of nitro benzene ring substituents is 2. The molecule has 2 aliphatic carbocycles. The second kappa shape index (κ2) is 10.3. The highest BCUT2D eigenvalue weighted by molar-refractivity contribution is 7.89. The van der Waals surface area contributed by atoms with E-state index in [0.29, 0.717) is 25.5 Å². The Kier molecular flexibility index (Phi) is 7.41. The van der Waals surface area contributed by atoms with E-state index in [9.17, 15) is 33.4 Å². The molecule has 12 nitrogen and oxygen atoms in total. The summed E-state index contributed by atoms with van der Waals surface area (Å²) >= 11 is 0. The molecule has 2 fully saturated rings. The van der Waals surface area contributed by atoms with E-state index in [2.05, 4.69) is 0 Å². The van der Waals surface area contributed by atoms with Crippen LogP contribution >= 0.6 is 0 Å². The summed E-state index contributed by atoms with van der Waals surface area (Å²) in [6.07, 6.45) is 7.12. The van der Waals surface area contributed by atoms with Crippen molar-refractivity contribution in [3.63, 3.8) is 0 Å². The van der Waals surface area contributed by atoms with Crippen LogP contribution in [-0.2, 0) is 28.4 Å². The molecule has 0 N–H and O–H groups in total. The number of nitrogens with zero attached hydrogens (tertiary/aromatic N) is 5. The predicted molar refractivity (Wildman–Crippen MR) is 130 cm³/mol. The van der Waals surface area contributed by atoms with Gasteiger partial charge in [0.25, 0.3) is 21.4 Å². The van der Waals surface area contributed by atoms with Crippen LogP contribution in [0.2, 0.25) is 0 Å². The molecule has 1 heterocycles. The van der Waals surface area contributed by atoms with E-state index in [1.807, 2.05) is 29.9 Å². The number of rotatable bonds is 10. The van der Waals surface area contributed by atoms with Crippen LogP contribution < -0.4 is 0 Å². The van der Waals surface area contributed by atoms with Gasteiger partial charge in [0.1, 0.15) is 0 Å². The fourth-order valence-electron chi connectivity index (χ4n) is 4.75. The lowest BCUT2D eigenvalue weighted by Gasteiger charge is -2.34. The lowest BCUT2D eigenvalue weighted by atomic mass is 9.95. The highest BCUT2D eigenvalue weighted by Crippen LogP contribution is 2.35. The van der Waals surface area contributed by atoms with E-state index >= 15 is 0 Å². The van der Waals surface area contributed by atoms with Crippen molar-refractivity contribution in [1.82, 2.24) is 13.8 Å². The maximum Gasteiger partial charge on any atom is 0.296 e. The molecule has 0 atom stereocenters. The van der Waals surface area contributed by atoms with Gasteiger partial charge < -0.3 is 9.47 Å². The number of carbonyl (C=O) groups is 1. The number of aryl methyl sites for hydroxylation is 1. The van der Waals surface area contributed by atoms with Crippen molar-refractivity contribution < 1.29 is 23.1 Å². The average Bonchev–Trinajstić information content (AvgIpc) is 3.61. The van der Waals surface area contributed by atoms with Crippen molar-refractivity contribution >= 4 is 27.3 Å². The molecule has 1 aromatic carbocycles. The van der Waals surface area contributed by atoms with E-state index in [-0.39, 0.29) is 11.9 Å². The summed E-state index contributed by atoms with van der Waals surface area (Å²) < 4.78 is 30.6. The second-order valence-electron chi connectivity index (χ2n) is 9.37. The van der Waals surface area contributed by atoms with E-state index < -0.39 is 48.7 Å². The molecule has 0 aliphatic heterocycles. The van der Waals surface area contributed by atoms with Crippen molar-refractivity contribution in [3.8, 4) is 0 Å². The van der Waals surface area contributed by atoms with Crippen molar-refractivity contribution in [2.24, 2.45) is 7.05 Å². The van der Waals surface area contributed by atoms with Gasteiger partial charge in [-0.3, -0.25) is 25.0 Å². The molecule has 1 aromatic heterocycles. The minimum absolute atomic E-state index is 0.0250. The first kappa shape index (κ1) is 25.8. The molecule has 2 aromatic rings. The maximum absolute atomic E-state index is 13.8. The zero-order valence-electron chi connectivity index (χ0n) is 20.0. The van der Waals surface area contributed by atoms with Gasteiger partial charge in [0.2, 0.25) is 5.91 Å². The first-order chi connectivity index (χ1) is 17.1. The standard InChI is InChI=1S/C23H29N5O7S/c1-24-13-5-8-20(24)15-25(17-9-10-17)23(29)16-26(18-6-3-2-4-7-18)36(34,35)22-12-11-19(27(30)31)14-21(22)28(32)33/h5,8,11-14,17-18H,2-4,6-7,9-10,15-16H2,1H3. The molecule has 0 unspecified atom stereocenters. The van der Waals surface area contributed by atoms with Crippen LogP contribution in [0.1, 0.15) is 50.6 Å². The van der Waals surface area contributed by atoms with Crippen molar-refractivity contribution in [3.05, 3.63) is 62.5 Å². The Morgan fingerprint density at radius 3 is 2.28 bits per heavy atom. The lowest BCUT2D eigenvalue weighted by molar-refractivity contribution is -0.396. The Bertz CT molecular complexity index is 1270. The van der Waals surface area contributed by atoms with Crippen LogP contribution in [-0.4, -0.2) is 56.6 Å². The van der Waals surface area contributed by atoms with Crippen LogP contribution in [0.25, 0.3) is 0 Å². The van der Waals surface area contributed by atoms with Gasteiger partial charge in [-0.2, -0.15) is 4.31 Å². The van der Waals surface area contributed by atoms with Crippen LogP contribution in [0.5, 0.6) is 0 Å². The zero-order valence-corrected chi connectivity index (χ0v) is 20.8. The van der Waals surface area contributed by atoms with E-state index in [4.69, 9.17) is 0 Å². The summed E-state index contributed by atoms with van der Waals surface area (Å²) in [5.41, 5.74) is -0.544. The normalized spacial score (nSPS) is 16.7. The van der Waals surface area contributed by atoms with E-state index in [0.717, 1.165) is 54.2 Å². The number of non-ortho nitro benzene ring substituents is 1. The number of hydrogen-bond donors (Lipinski definition) is 0. The van der Waals surface area contributed by atoms with Gasteiger partial charge in [0.05, 0.1) is 29.0 Å². The Morgan fingerprint density at radius 1 is 1.03 bits per heavy atom. The smallest absolute Gasteiger partial charge is 0.296 e. The van der Waals surface area contributed by atoms with E-state index in [1.54, 1.807) is 4.90 Å². The number of carbonyl (C=O) groups excluding carboxylic acids is 1. The Morgan fingerprint density at radius 2 is 1.72 bits per heavy atom. The topological polar surface area (TPSA) is 149 Å². The largest absolute Gasteiger partial charge is 0.353 e. The molecule has 0 radical (unpaired) electrons. The van der Waals surface area contributed by atoms with E-state index in [1.165, 1.54) is 0 Å². The molecule has 2 aliphatic rings. The minimum atomic E-state index is -4.51. The first-order valence-corrected chi connectivity index (χ1v) is 13.4. The fourth-order valence-corrected chi connectivity index (χ4v) is 6.53. The molecule has 194 valence electrons. The third kappa shape index (κ3) is 5.41. The SMILES string of the molecule is Cn1cccc1CN(C(=O)CN(C1CCCCC1)S(=O)(=O)c1ccc([N+](=O)[O-])cc1[N+](=O)[O-])C1CC1. The van der Waals surface area contributed by atoms with Gasteiger partial charge in [0.15, 0.2) is 4.90 Å². The minimum Gasteiger partial charge on any atom is -0.353 e. The monoisotopic (exact) mass is 519 g/mol.